The van der Waals surface area contributed by atoms with Crippen LogP contribution in [0.5, 0.6) is 0 Å². The Kier molecular flexibility index (Phi) is 2.90. The number of nitrogens with zero attached hydrogens (tertiary/aromatic N) is 3. The van der Waals surface area contributed by atoms with Crippen LogP contribution in [0.3, 0.4) is 0 Å². The topological polar surface area (TPSA) is 83.4 Å². The summed E-state index contributed by atoms with van der Waals surface area (Å²) in [4.78, 5) is 32.2. The first-order valence-corrected chi connectivity index (χ1v) is 6.07. The van der Waals surface area contributed by atoms with Crippen LogP contribution in [0.25, 0.3) is 0 Å². The summed E-state index contributed by atoms with van der Waals surface area (Å²) < 4.78 is 0. The van der Waals surface area contributed by atoms with Gasteiger partial charge in [0.2, 0.25) is 5.82 Å². The van der Waals surface area contributed by atoms with Gasteiger partial charge in [-0.25, -0.2) is 14.8 Å². The van der Waals surface area contributed by atoms with Crippen LogP contribution in [-0.2, 0) is 13.1 Å². The second-order valence-corrected chi connectivity index (χ2v) is 4.50. The van der Waals surface area contributed by atoms with E-state index in [2.05, 4.69) is 9.97 Å². The molecule has 6 heteroatoms. The van der Waals surface area contributed by atoms with Crippen molar-refractivity contribution >= 4 is 11.9 Å². The van der Waals surface area contributed by atoms with Gasteiger partial charge in [-0.15, -0.1) is 0 Å². The van der Waals surface area contributed by atoms with Crippen molar-refractivity contribution in [2.75, 3.05) is 0 Å². The molecule has 1 aromatic carbocycles. The Morgan fingerprint density at radius 3 is 2.35 bits per heavy atom. The number of hydrogen-bond donors (Lipinski definition) is 1. The van der Waals surface area contributed by atoms with Crippen LogP contribution in [0, 0.1) is 0 Å². The maximum absolute atomic E-state index is 12.3. The highest BCUT2D eigenvalue weighted by Crippen LogP contribution is 2.23. The Bertz CT molecular complexity index is 675. The molecule has 100 valence electrons. The third-order valence-corrected chi connectivity index (χ3v) is 3.19. The number of aromatic nitrogens is 2. The van der Waals surface area contributed by atoms with Crippen LogP contribution in [0.2, 0.25) is 0 Å². The maximum atomic E-state index is 12.3. The Labute approximate surface area is 114 Å². The third kappa shape index (κ3) is 2.11. The number of aromatic carboxylic acids is 1. The van der Waals surface area contributed by atoms with Crippen LogP contribution in [0.4, 0.5) is 0 Å². The average molecular weight is 269 g/mol. The van der Waals surface area contributed by atoms with Gasteiger partial charge in [0.1, 0.15) is 5.69 Å². The maximum Gasteiger partial charge on any atom is 0.373 e. The van der Waals surface area contributed by atoms with Crippen LogP contribution < -0.4 is 0 Å². The number of carbonyl (C=O) groups excluding carboxylic acids is 1. The summed E-state index contributed by atoms with van der Waals surface area (Å²) >= 11 is 0. The molecular weight excluding hydrogens is 258 g/mol. The van der Waals surface area contributed by atoms with E-state index in [-0.39, 0.29) is 17.4 Å². The van der Waals surface area contributed by atoms with Crippen molar-refractivity contribution in [3.05, 3.63) is 59.2 Å². The smallest absolute Gasteiger partial charge is 0.373 e. The molecule has 0 spiro atoms. The number of carboxylic acids is 1. The van der Waals surface area contributed by atoms with E-state index in [0.29, 0.717) is 13.1 Å². The zero-order valence-corrected chi connectivity index (χ0v) is 10.5. The normalized spacial score (nSPS) is 13.1. The van der Waals surface area contributed by atoms with Crippen molar-refractivity contribution in [2.24, 2.45) is 0 Å². The first-order valence-electron chi connectivity index (χ1n) is 6.07. The van der Waals surface area contributed by atoms with Gasteiger partial charge in [0.15, 0.2) is 0 Å². The van der Waals surface area contributed by atoms with Crippen molar-refractivity contribution in [1.29, 1.82) is 0 Å². The molecule has 0 saturated heterocycles. The van der Waals surface area contributed by atoms with Gasteiger partial charge >= 0.3 is 5.97 Å². The molecule has 1 aromatic heterocycles. The number of carboxylic acid groups (broad SMARTS) is 1. The van der Waals surface area contributed by atoms with Gasteiger partial charge in [-0.05, 0) is 17.2 Å². The second kappa shape index (κ2) is 4.73. The van der Waals surface area contributed by atoms with E-state index in [9.17, 15) is 9.59 Å². The van der Waals surface area contributed by atoms with E-state index >= 15 is 0 Å². The van der Waals surface area contributed by atoms with Crippen LogP contribution in [-0.4, -0.2) is 31.9 Å². The van der Waals surface area contributed by atoms with E-state index in [1.54, 1.807) is 4.90 Å². The standard InChI is InChI=1S/C14H11N3O3/c18-13(11-5-6-15-12(16-11)14(19)20)17-7-9-3-1-2-4-10(9)8-17/h1-6H,7-8H2,(H,19,20). The van der Waals surface area contributed by atoms with Gasteiger partial charge in [-0.1, -0.05) is 24.3 Å². The Morgan fingerprint density at radius 2 is 1.75 bits per heavy atom. The summed E-state index contributed by atoms with van der Waals surface area (Å²) in [5.41, 5.74) is 2.31. The highest BCUT2D eigenvalue weighted by Gasteiger charge is 2.25. The van der Waals surface area contributed by atoms with Crippen LogP contribution in [0.1, 0.15) is 32.2 Å². The molecule has 2 heterocycles. The molecule has 0 saturated carbocycles. The van der Waals surface area contributed by atoms with E-state index in [4.69, 9.17) is 5.11 Å². The number of benzene rings is 1. The van der Waals surface area contributed by atoms with E-state index in [0.717, 1.165) is 11.1 Å². The van der Waals surface area contributed by atoms with E-state index in [1.807, 2.05) is 24.3 Å². The summed E-state index contributed by atoms with van der Waals surface area (Å²) in [6, 6.07) is 9.24. The van der Waals surface area contributed by atoms with E-state index < -0.39 is 5.97 Å². The number of carbonyl (C=O) groups is 2. The van der Waals surface area contributed by atoms with Gasteiger partial charge in [0.05, 0.1) is 0 Å². The van der Waals surface area contributed by atoms with Crippen LogP contribution >= 0.6 is 0 Å². The van der Waals surface area contributed by atoms with Crippen molar-refractivity contribution in [3.63, 3.8) is 0 Å². The van der Waals surface area contributed by atoms with Gasteiger partial charge in [-0.3, -0.25) is 4.79 Å². The Balaban J connectivity index is 1.85. The zero-order chi connectivity index (χ0) is 14.1. The third-order valence-electron chi connectivity index (χ3n) is 3.19. The average Bonchev–Trinajstić information content (AvgIpc) is 2.90. The second-order valence-electron chi connectivity index (χ2n) is 4.50. The Hall–Kier alpha value is -2.76. The predicted octanol–water partition coefficient (Wildman–Crippen LogP) is 1.33. The molecule has 2 aromatic rings. The fourth-order valence-corrected chi connectivity index (χ4v) is 2.22. The minimum absolute atomic E-state index is 0.102. The summed E-state index contributed by atoms with van der Waals surface area (Å²) in [5, 5.41) is 8.85. The number of amides is 1. The lowest BCUT2D eigenvalue weighted by molar-refractivity contribution is 0.0682. The highest BCUT2D eigenvalue weighted by molar-refractivity contribution is 5.93. The van der Waals surface area contributed by atoms with Crippen molar-refractivity contribution in [2.45, 2.75) is 13.1 Å². The zero-order valence-electron chi connectivity index (χ0n) is 10.5. The van der Waals surface area contributed by atoms with Gasteiger partial charge in [0, 0.05) is 19.3 Å². The monoisotopic (exact) mass is 269 g/mol. The summed E-state index contributed by atoms with van der Waals surface area (Å²) in [7, 11) is 0. The largest absolute Gasteiger partial charge is 0.475 e. The summed E-state index contributed by atoms with van der Waals surface area (Å²) in [6.07, 6.45) is 1.28. The molecule has 1 aliphatic heterocycles. The fourth-order valence-electron chi connectivity index (χ4n) is 2.22. The van der Waals surface area contributed by atoms with Crippen molar-refractivity contribution < 1.29 is 14.7 Å². The Morgan fingerprint density at radius 1 is 1.10 bits per heavy atom. The molecule has 0 atom stereocenters. The molecule has 1 N–H and O–H groups in total. The van der Waals surface area contributed by atoms with Gasteiger partial charge < -0.3 is 10.0 Å². The minimum Gasteiger partial charge on any atom is -0.475 e. The van der Waals surface area contributed by atoms with Crippen molar-refractivity contribution in [1.82, 2.24) is 14.9 Å². The quantitative estimate of drug-likeness (QED) is 0.889. The SMILES string of the molecule is O=C(O)c1nccc(C(=O)N2Cc3ccccc3C2)n1. The molecule has 6 nitrogen and oxygen atoms in total. The molecule has 0 bridgehead atoms. The molecule has 0 radical (unpaired) electrons. The molecule has 20 heavy (non-hydrogen) atoms. The minimum atomic E-state index is -1.25. The lowest BCUT2D eigenvalue weighted by atomic mass is 10.1. The molecule has 0 unspecified atom stereocenters. The fraction of sp³-hybridized carbons (Fsp3) is 0.143. The lowest BCUT2D eigenvalue weighted by Crippen LogP contribution is -2.27. The summed E-state index contributed by atoms with van der Waals surface area (Å²) in [5.74, 6) is -1.90. The van der Waals surface area contributed by atoms with Gasteiger partial charge in [-0.2, -0.15) is 0 Å². The number of fused-ring (bicyclic) bond motifs is 1. The van der Waals surface area contributed by atoms with Crippen LogP contribution in [0.15, 0.2) is 36.5 Å². The van der Waals surface area contributed by atoms with Crippen molar-refractivity contribution in [3.8, 4) is 0 Å². The predicted molar refractivity (Wildman–Crippen MR) is 69.0 cm³/mol. The molecule has 3 rings (SSSR count). The number of rotatable bonds is 2. The van der Waals surface area contributed by atoms with E-state index in [1.165, 1.54) is 12.3 Å². The summed E-state index contributed by atoms with van der Waals surface area (Å²) in [6.45, 7) is 1.03. The van der Waals surface area contributed by atoms with Gasteiger partial charge in [0.25, 0.3) is 5.91 Å². The molecule has 0 fully saturated rings. The first kappa shape index (κ1) is 12.3. The molecular formula is C14H11N3O3. The highest BCUT2D eigenvalue weighted by atomic mass is 16.4. The molecule has 0 aliphatic carbocycles. The molecule has 1 amide bonds. The number of hydrogen-bond acceptors (Lipinski definition) is 4. The first-order chi connectivity index (χ1) is 9.65. The lowest BCUT2D eigenvalue weighted by Gasteiger charge is -2.14. The molecule has 1 aliphatic rings.